The maximum Gasteiger partial charge on any atom is 0.306 e. The molecule has 1 aromatic rings. The molecular weight excluding hydrogens is 326 g/mol. The lowest BCUT2D eigenvalue weighted by Crippen LogP contribution is -2.35. The Hall–Kier alpha value is -0.390. The Balaban J connectivity index is 1.88. The molecule has 2 rings (SSSR count). The molecular formula is C14H20BrNO2S. The molecule has 2 N–H and O–H groups in total. The van der Waals surface area contributed by atoms with Crippen molar-refractivity contribution in [1.29, 1.82) is 0 Å². The number of halogens is 1. The highest BCUT2D eigenvalue weighted by Crippen LogP contribution is 2.31. The Bertz CT molecular complexity index is 435. The number of nitrogens with one attached hydrogen (secondary N) is 1. The third-order valence-corrected chi connectivity index (χ3v) is 5.80. The molecule has 0 radical (unpaired) electrons. The zero-order valence-electron chi connectivity index (χ0n) is 11.1. The maximum absolute atomic E-state index is 11.3. The van der Waals surface area contributed by atoms with Crippen LogP contribution in [0.3, 0.4) is 0 Å². The van der Waals surface area contributed by atoms with E-state index in [0.717, 1.165) is 36.7 Å². The van der Waals surface area contributed by atoms with E-state index in [2.05, 4.69) is 39.6 Å². The van der Waals surface area contributed by atoms with Crippen molar-refractivity contribution in [1.82, 2.24) is 5.32 Å². The van der Waals surface area contributed by atoms with E-state index in [0.29, 0.717) is 0 Å². The van der Waals surface area contributed by atoms with Gasteiger partial charge >= 0.3 is 5.97 Å². The number of aliphatic carboxylic acids is 1. The quantitative estimate of drug-likeness (QED) is 0.846. The highest BCUT2D eigenvalue weighted by atomic mass is 79.9. The van der Waals surface area contributed by atoms with Crippen molar-refractivity contribution in [2.75, 3.05) is 6.54 Å². The summed E-state index contributed by atoms with van der Waals surface area (Å²) in [5.41, 5.74) is 0. The summed E-state index contributed by atoms with van der Waals surface area (Å²) >= 11 is 5.19. The van der Waals surface area contributed by atoms with E-state index in [-0.39, 0.29) is 17.9 Å². The van der Waals surface area contributed by atoms with Crippen LogP contribution in [0.2, 0.25) is 0 Å². The number of hydrogen-bond acceptors (Lipinski definition) is 3. The van der Waals surface area contributed by atoms with Crippen LogP contribution in [0.25, 0.3) is 0 Å². The van der Waals surface area contributed by atoms with E-state index >= 15 is 0 Å². The summed E-state index contributed by atoms with van der Waals surface area (Å²) in [5, 5.41) is 14.8. The van der Waals surface area contributed by atoms with Crippen molar-refractivity contribution in [2.24, 2.45) is 11.8 Å². The van der Waals surface area contributed by atoms with Gasteiger partial charge in [0.1, 0.15) is 0 Å². The van der Waals surface area contributed by atoms with Gasteiger partial charge < -0.3 is 10.4 Å². The van der Waals surface area contributed by atoms with Crippen LogP contribution in [0.5, 0.6) is 0 Å². The molecule has 1 aliphatic carbocycles. The number of carbonyl (C=O) groups is 1. The molecule has 1 heterocycles. The van der Waals surface area contributed by atoms with Crippen LogP contribution < -0.4 is 5.32 Å². The van der Waals surface area contributed by atoms with Gasteiger partial charge in [-0.25, -0.2) is 0 Å². The third-order valence-electron chi connectivity index (χ3n) is 3.93. The van der Waals surface area contributed by atoms with Gasteiger partial charge in [-0.1, -0.05) is 12.8 Å². The largest absolute Gasteiger partial charge is 0.481 e. The van der Waals surface area contributed by atoms with Crippen LogP contribution >= 0.6 is 27.3 Å². The molecule has 106 valence electrons. The molecule has 5 heteroatoms. The normalized spacial score (nSPS) is 25.2. The van der Waals surface area contributed by atoms with Crippen molar-refractivity contribution in [3.63, 3.8) is 0 Å². The summed E-state index contributed by atoms with van der Waals surface area (Å²) in [5.74, 6) is -0.515. The molecule has 0 spiro atoms. The predicted molar refractivity (Wildman–Crippen MR) is 81.5 cm³/mol. The van der Waals surface area contributed by atoms with Gasteiger partial charge in [0.05, 0.1) is 5.92 Å². The van der Waals surface area contributed by atoms with Crippen molar-refractivity contribution < 1.29 is 9.90 Å². The summed E-state index contributed by atoms with van der Waals surface area (Å²) in [6.07, 6.45) is 4.08. The Morgan fingerprint density at radius 2 is 2.32 bits per heavy atom. The number of carboxylic acid groups (broad SMARTS) is 1. The predicted octanol–water partition coefficient (Wildman–Crippen LogP) is 4.05. The zero-order valence-corrected chi connectivity index (χ0v) is 13.5. The summed E-state index contributed by atoms with van der Waals surface area (Å²) in [7, 11) is 0. The van der Waals surface area contributed by atoms with Crippen molar-refractivity contribution in [3.05, 3.63) is 20.8 Å². The molecule has 0 aliphatic heterocycles. The summed E-state index contributed by atoms with van der Waals surface area (Å²) in [4.78, 5) is 12.5. The van der Waals surface area contributed by atoms with E-state index in [1.54, 1.807) is 11.3 Å². The lowest BCUT2D eigenvalue weighted by atomic mass is 9.79. The van der Waals surface area contributed by atoms with Crippen LogP contribution in [0.15, 0.2) is 15.9 Å². The molecule has 1 fully saturated rings. The Morgan fingerprint density at radius 3 is 2.95 bits per heavy atom. The minimum absolute atomic E-state index is 0.163. The van der Waals surface area contributed by atoms with Crippen molar-refractivity contribution in [2.45, 2.75) is 38.6 Å². The summed E-state index contributed by atoms with van der Waals surface area (Å²) < 4.78 is 1.11. The van der Waals surface area contributed by atoms with Crippen molar-refractivity contribution >= 4 is 33.2 Å². The van der Waals surface area contributed by atoms with Crippen LogP contribution in [0.4, 0.5) is 0 Å². The Kier molecular flexibility index (Phi) is 5.42. The molecule has 1 aliphatic rings. The van der Waals surface area contributed by atoms with Crippen LogP contribution in [-0.2, 0) is 4.79 Å². The number of hydrogen-bond donors (Lipinski definition) is 2. The monoisotopic (exact) mass is 345 g/mol. The minimum Gasteiger partial charge on any atom is -0.481 e. The summed E-state index contributed by atoms with van der Waals surface area (Å²) in [6, 6.07) is 2.41. The van der Waals surface area contributed by atoms with E-state index in [4.69, 9.17) is 0 Å². The number of carboxylic acids is 1. The molecule has 3 unspecified atom stereocenters. The van der Waals surface area contributed by atoms with Gasteiger partial charge in [0.2, 0.25) is 0 Å². The zero-order chi connectivity index (χ0) is 13.8. The maximum atomic E-state index is 11.3. The van der Waals surface area contributed by atoms with Gasteiger partial charge in [-0.05, 0) is 54.2 Å². The van der Waals surface area contributed by atoms with Gasteiger partial charge in [0.15, 0.2) is 0 Å². The topological polar surface area (TPSA) is 49.3 Å². The first-order chi connectivity index (χ1) is 9.08. The van der Waals surface area contributed by atoms with E-state index in [1.807, 2.05) is 0 Å². The average molecular weight is 346 g/mol. The average Bonchev–Trinajstić information content (AvgIpc) is 2.83. The van der Waals surface area contributed by atoms with Crippen LogP contribution in [0, 0.1) is 11.8 Å². The number of rotatable bonds is 5. The van der Waals surface area contributed by atoms with Gasteiger partial charge in [-0.2, -0.15) is 0 Å². The molecule has 1 saturated carbocycles. The van der Waals surface area contributed by atoms with Crippen LogP contribution in [0.1, 0.15) is 43.5 Å². The third kappa shape index (κ3) is 4.04. The SMILES string of the molecule is CC(NCC1CCCCC1C(=O)O)c1cc(Br)cs1. The highest BCUT2D eigenvalue weighted by molar-refractivity contribution is 9.10. The molecule has 3 nitrogen and oxygen atoms in total. The highest BCUT2D eigenvalue weighted by Gasteiger charge is 2.30. The minimum atomic E-state index is -0.627. The first-order valence-electron chi connectivity index (χ1n) is 6.78. The first kappa shape index (κ1) is 15.0. The second-order valence-corrected chi connectivity index (χ2v) is 7.14. The molecule has 3 atom stereocenters. The van der Waals surface area contributed by atoms with Gasteiger partial charge in [-0.3, -0.25) is 4.79 Å². The fraction of sp³-hybridized carbons (Fsp3) is 0.643. The fourth-order valence-electron chi connectivity index (χ4n) is 2.76. The lowest BCUT2D eigenvalue weighted by Gasteiger charge is -2.29. The molecule has 0 saturated heterocycles. The van der Waals surface area contributed by atoms with Gasteiger partial charge in [-0.15, -0.1) is 11.3 Å². The summed E-state index contributed by atoms with van der Waals surface area (Å²) in [6.45, 7) is 2.94. The molecule has 1 aromatic heterocycles. The van der Waals surface area contributed by atoms with E-state index < -0.39 is 5.97 Å². The molecule has 0 bridgehead atoms. The van der Waals surface area contributed by atoms with E-state index in [9.17, 15) is 9.90 Å². The number of thiophene rings is 1. The van der Waals surface area contributed by atoms with Crippen molar-refractivity contribution in [3.8, 4) is 0 Å². The molecule has 19 heavy (non-hydrogen) atoms. The second-order valence-electron chi connectivity index (χ2n) is 5.29. The molecule has 0 amide bonds. The molecule has 0 aromatic carbocycles. The van der Waals surface area contributed by atoms with Gasteiger partial charge in [0, 0.05) is 20.8 Å². The van der Waals surface area contributed by atoms with Gasteiger partial charge in [0.25, 0.3) is 0 Å². The Labute approximate surface area is 126 Å². The Morgan fingerprint density at radius 1 is 1.58 bits per heavy atom. The second kappa shape index (κ2) is 6.86. The fourth-order valence-corrected chi connectivity index (χ4v) is 4.24. The van der Waals surface area contributed by atoms with E-state index in [1.165, 1.54) is 4.88 Å². The lowest BCUT2D eigenvalue weighted by molar-refractivity contribution is -0.144. The smallest absolute Gasteiger partial charge is 0.306 e. The standard InChI is InChI=1S/C14H20BrNO2S/c1-9(13-6-11(15)8-19-13)16-7-10-4-2-3-5-12(10)14(17)18/h6,8-10,12,16H,2-5,7H2,1H3,(H,17,18). The first-order valence-corrected chi connectivity index (χ1v) is 8.45. The van der Waals surface area contributed by atoms with Crippen LogP contribution in [-0.4, -0.2) is 17.6 Å².